The summed E-state index contributed by atoms with van der Waals surface area (Å²) in [5.74, 6) is -0.216. The molecule has 1 heterocycles. The second-order valence-corrected chi connectivity index (χ2v) is 5.68. The quantitative estimate of drug-likeness (QED) is 0.904. The van der Waals surface area contributed by atoms with Crippen molar-refractivity contribution in [2.24, 2.45) is 0 Å². The van der Waals surface area contributed by atoms with Crippen molar-refractivity contribution in [3.05, 3.63) is 34.1 Å². The highest BCUT2D eigenvalue weighted by atomic mass is 79.9. The monoisotopic (exact) mass is 301 g/mol. The normalized spacial score (nSPS) is 29.3. The van der Waals surface area contributed by atoms with Gasteiger partial charge in [0, 0.05) is 22.1 Å². The maximum atomic E-state index is 13.8. The molecule has 0 radical (unpaired) electrons. The molecule has 0 aromatic heterocycles. The summed E-state index contributed by atoms with van der Waals surface area (Å²) in [5.41, 5.74) is 0.640. The predicted octanol–water partition coefficient (Wildman–Crippen LogP) is 3.42. The summed E-state index contributed by atoms with van der Waals surface area (Å²) < 4.78 is 20.3. The summed E-state index contributed by atoms with van der Waals surface area (Å²) in [7, 11) is 0. The van der Waals surface area contributed by atoms with E-state index in [1.54, 1.807) is 6.07 Å². The predicted molar refractivity (Wildman–Crippen MR) is 69.5 cm³/mol. The Balaban J connectivity index is 2.10. The summed E-state index contributed by atoms with van der Waals surface area (Å²) >= 11 is 3.25. The first-order valence-corrected chi connectivity index (χ1v) is 6.65. The average Bonchev–Trinajstić information content (AvgIpc) is 2.31. The third-order valence-electron chi connectivity index (χ3n) is 3.41. The largest absolute Gasteiger partial charge is 0.370 e. The van der Waals surface area contributed by atoms with Gasteiger partial charge < -0.3 is 10.1 Å². The third-order valence-corrected chi connectivity index (χ3v) is 3.90. The van der Waals surface area contributed by atoms with Crippen molar-refractivity contribution in [3.8, 4) is 0 Å². The number of halogens is 2. The van der Waals surface area contributed by atoms with Gasteiger partial charge in [-0.25, -0.2) is 4.39 Å². The number of nitrogens with one attached hydrogen (secondary N) is 1. The molecule has 4 heteroatoms. The van der Waals surface area contributed by atoms with E-state index in [-0.39, 0.29) is 17.5 Å². The van der Waals surface area contributed by atoms with Gasteiger partial charge in [0.1, 0.15) is 5.82 Å². The minimum absolute atomic E-state index is 0.0162. The minimum Gasteiger partial charge on any atom is -0.370 e. The van der Waals surface area contributed by atoms with Crippen LogP contribution in [-0.2, 0) is 4.74 Å². The Hall–Kier alpha value is -0.450. The Morgan fingerprint density at radius 3 is 2.88 bits per heavy atom. The molecule has 2 nitrogen and oxygen atoms in total. The van der Waals surface area contributed by atoms with Gasteiger partial charge in [-0.15, -0.1) is 0 Å². The molecular formula is C13H17BrFNO. The number of ether oxygens (including phenoxy) is 1. The Bertz CT molecular complexity index is 402. The number of benzene rings is 1. The van der Waals surface area contributed by atoms with Gasteiger partial charge in [-0.3, -0.25) is 0 Å². The van der Waals surface area contributed by atoms with Crippen LogP contribution in [0.4, 0.5) is 4.39 Å². The maximum absolute atomic E-state index is 13.8. The minimum atomic E-state index is -0.216. The highest BCUT2D eigenvalue weighted by molar-refractivity contribution is 9.10. The topological polar surface area (TPSA) is 21.3 Å². The average molecular weight is 302 g/mol. The molecule has 0 spiro atoms. The summed E-state index contributed by atoms with van der Waals surface area (Å²) in [6, 6.07) is 5.10. The third kappa shape index (κ3) is 2.87. The molecule has 1 aliphatic rings. The van der Waals surface area contributed by atoms with E-state index < -0.39 is 0 Å². The molecule has 94 valence electrons. The van der Waals surface area contributed by atoms with Gasteiger partial charge in [0.15, 0.2) is 0 Å². The van der Waals surface area contributed by atoms with Gasteiger partial charge in [-0.05, 0) is 25.5 Å². The van der Waals surface area contributed by atoms with Gasteiger partial charge in [-0.2, -0.15) is 0 Å². The van der Waals surface area contributed by atoms with Crippen LogP contribution in [-0.4, -0.2) is 18.7 Å². The Labute approximate surface area is 110 Å². The van der Waals surface area contributed by atoms with Crippen LogP contribution in [0.3, 0.4) is 0 Å². The van der Waals surface area contributed by atoms with E-state index in [1.165, 1.54) is 6.07 Å². The number of hydrogen-bond acceptors (Lipinski definition) is 2. The van der Waals surface area contributed by atoms with Crippen LogP contribution in [0.15, 0.2) is 22.7 Å². The van der Waals surface area contributed by atoms with E-state index in [2.05, 4.69) is 35.1 Å². The lowest BCUT2D eigenvalue weighted by Crippen LogP contribution is -2.52. The van der Waals surface area contributed by atoms with E-state index in [9.17, 15) is 4.39 Å². The molecule has 0 saturated carbocycles. The zero-order valence-electron chi connectivity index (χ0n) is 10.1. The van der Waals surface area contributed by atoms with E-state index >= 15 is 0 Å². The molecule has 1 aliphatic heterocycles. The van der Waals surface area contributed by atoms with Crippen molar-refractivity contribution < 1.29 is 9.13 Å². The fourth-order valence-electron chi connectivity index (χ4n) is 1.92. The molecule has 1 fully saturated rings. The highest BCUT2D eigenvalue weighted by Gasteiger charge is 2.31. The van der Waals surface area contributed by atoms with Gasteiger partial charge in [-0.1, -0.05) is 28.9 Å². The molecule has 0 bridgehead atoms. The molecule has 0 amide bonds. The van der Waals surface area contributed by atoms with Crippen molar-refractivity contribution >= 4 is 15.9 Å². The number of hydrogen-bond donors (Lipinski definition) is 1. The Morgan fingerprint density at radius 1 is 1.59 bits per heavy atom. The van der Waals surface area contributed by atoms with Crippen molar-refractivity contribution in [3.63, 3.8) is 0 Å². The fourth-order valence-corrected chi connectivity index (χ4v) is 2.26. The SMILES string of the molecule is CCC1(C)COC(c2ccc(Br)cc2F)CN1. The van der Waals surface area contributed by atoms with Crippen molar-refractivity contribution in [1.29, 1.82) is 0 Å². The smallest absolute Gasteiger partial charge is 0.130 e. The van der Waals surface area contributed by atoms with Gasteiger partial charge in [0.2, 0.25) is 0 Å². The summed E-state index contributed by atoms with van der Waals surface area (Å²) in [5, 5.41) is 3.43. The summed E-state index contributed by atoms with van der Waals surface area (Å²) in [6.45, 7) is 5.52. The van der Waals surface area contributed by atoms with Crippen LogP contribution in [0.1, 0.15) is 31.9 Å². The molecule has 2 unspecified atom stereocenters. The first-order valence-electron chi connectivity index (χ1n) is 5.86. The van der Waals surface area contributed by atoms with Crippen LogP contribution in [0.5, 0.6) is 0 Å². The fraction of sp³-hybridized carbons (Fsp3) is 0.538. The molecule has 1 saturated heterocycles. The van der Waals surface area contributed by atoms with Crippen LogP contribution >= 0.6 is 15.9 Å². The van der Waals surface area contributed by atoms with Gasteiger partial charge in [0.05, 0.1) is 12.7 Å². The Morgan fingerprint density at radius 2 is 2.35 bits per heavy atom. The summed E-state index contributed by atoms with van der Waals surface area (Å²) in [6.07, 6.45) is 0.811. The zero-order chi connectivity index (χ0) is 12.5. The van der Waals surface area contributed by atoms with Crippen LogP contribution in [0, 0.1) is 5.82 Å². The lowest BCUT2D eigenvalue weighted by Gasteiger charge is -2.38. The molecule has 1 N–H and O–H groups in total. The first-order chi connectivity index (χ1) is 8.04. The van der Waals surface area contributed by atoms with E-state index in [0.717, 1.165) is 10.9 Å². The molecule has 0 aliphatic carbocycles. The zero-order valence-corrected chi connectivity index (χ0v) is 11.7. The van der Waals surface area contributed by atoms with E-state index in [4.69, 9.17) is 4.74 Å². The molecule has 17 heavy (non-hydrogen) atoms. The number of rotatable bonds is 2. The van der Waals surface area contributed by atoms with Crippen LogP contribution in [0.2, 0.25) is 0 Å². The van der Waals surface area contributed by atoms with Crippen LogP contribution < -0.4 is 5.32 Å². The Kier molecular flexibility index (Phi) is 3.85. The van der Waals surface area contributed by atoms with Crippen molar-refractivity contribution in [2.45, 2.75) is 31.9 Å². The second-order valence-electron chi connectivity index (χ2n) is 4.76. The van der Waals surface area contributed by atoms with E-state index in [0.29, 0.717) is 18.7 Å². The lowest BCUT2D eigenvalue weighted by atomic mass is 9.96. The van der Waals surface area contributed by atoms with Crippen molar-refractivity contribution in [2.75, 3.05) is 13.2 Å². The van der Waals surface area contributed by atoms with Crippen molar-refractivity contribution in [1.82, 2.24) is 5.32 Å². The molecule has 1 aromatic rings. The van der Waals surface area contributed by atoms with Crippen LogP contribution in [0.25, 0.3) is 0 Å². The highest BCUT2D eigenvalue weighted by Crippen LogP contribution is 2.28. The molecule has 2 atom stereocenters. The van der Waals surface area contributed by atoms with Gasteiger partial charge >= 0.3 is 0 Å². The lowest BCUT2D eigenvalue weighted by molar-refractivity contribution is -0.0314. The molecular weight excluding hydrogens is 285 g/mol. The molecule has 2 rings (SSSR count). The van der Waals surface area contributed by atoms with E-state index in [1.807, 2.05) is 6.07 Å². The maximum Gasteiger partial charge on any atom is 0.130 e. The summed E-state index contributed by atoms with van der Waals surface area (Å²) in [4.78, 5) is 0. The first kappa shape index (κ1) is 13.0. The molecule has 1 aromatic carbocycles. The van der Waals surface area contributed by atoms with Gasteiger partial charge in [0.25, 0.3) is 0 Å². The number of morpholine rings is 1. The standard InChI is InChI=1S/C13H17BrFNO/c1-3-13(2)8-17-12(7-16-13)10-5-4-9(14)6-11(10)15/h4-6,12,16H,3,7-8H2,1-2H3. The second kappa shape index (κ2) is 5.04.